The normalized spacial score (nSPS) is 16.8. The van der Waals surface area contributed by atoms with Crippen LogP contribution in [-0.4, -0.2) is 26.5 Å². The first kappa shape index (κ1) is 16.8. The third-order valence-electron chi connectivity index (χ3n) is 5.72. The Balaban J connectivity index is 1.42. The van der Waals surface area contributed by atoms with Crippen molar-refractivity contribution in [3.8, 4) is 11.5 Å². The molecule has 2 aliphatic carbocycles. The average molecular weight is 398 g/mol. The molecule has 0 spiro atoms. The first-order valence-corrected chi connectivity index (χ1v) is 10.8. The largest absolute Gasteiger partial charge is 0.369 e. The van der Waals surface area contributed by atoms with Crippen molar-refractivity contribution >= 4 is 32.9 Å². The molecule has 6 rings (SSSR count). The fraction of sp³-hybridized carbons (Fsp3) is 0.217. The summed E-state index contributed by atoms with van der Waals surface area (Å²) in [5, 5.41) is 4.77. The highest BCUT2D eigenvalue weighted by atomic mass is 32.1. The molecular formula is C23H19N5S. The van der Waals surface area contributed by atoms with E-state index in [1.807, 2.05) is 11.3 Å². The van der Waals surface area contributed by atoms with Crippen LogP contribution in [0.4, 0.5) is 5.82 Å². The number of thiophene rings is 1. The van der Waals surface area contributed by atoms with Crippen LogP contribution in [0.25, 0.3) is 27.3 Å². The van der Waals surface area contributed by atoms with E-state index >= 15 is 0 Å². The Morgan fingerprint density at radius 1 is 1.10 bits per heavy atom. The van der Waals surface area contributed by atoms with E-state index in [4.69, 9.17) is 9.97 Å². The summed E-state index contributed by atoms with van der Waals surface area (Å²) >= 11 is 1.81. The fourth-order valence-corrected chi connectivity index (χ4v) is 5.70. The second-order valence-corrected chi connectivity index (χ2v) is 8.49. The molecule has 4 aromatic rings. The zero-order chi connectivity index (χ0) is 19.2. The number of fused-ring (bicyclic) bond motifs is 6. The minimum absolute atomic E-state index is 0.612. The highest BCUT2D eigenvalue weighted by Crippen LogP contribution is 2.59. The summed E-state index contributed by atoms with van der Waals surface area (Å²) in [6, 6.07) is 10.5. The fourth-order valence-electron chi connectivity index (χ4n) is 4.35. The van der Waals surface area contributed by atoms with Gasteiger partial charge < -0.3 is 5.32 Å². The molecule has 1 unspecified atom stereocenters. The van der Waals surface area contributed by atoms with Crippen molar-refractivity contribution < 1.29 is 0 Å². The highest BCUT2D eigenvalue weighted by Gasteiger charge is 2.39. The standard InChI is InChI=1S/C23H19N5S/c1-2-5-14(6-3-1)9-10-26-22-19-18-15-7-4-8-16(15)20(18)29-23(19)28-21(27-22)17-13-24-11-12-25-17/h1-3,5-7,11-13,16H,4,8-10H2,(H,26,27,28). The van der Waals surface area contributed by atoms with Crippen molar-refractivity contribution in [2.45, 2.75) is 25.2 Å². The maximum absolute atomic E-state index is 4.88. The van der Waals surface area contributed by atoms with Crippen LogP contribution in [-0.2, 0) is 6.42 Å². The monoisotopic (exact) mass is 397 g/mol. The van der Waals surface area contributed by atoms with Crippen LogP contribution in [0.15, 0.2) is 55.0 Å². The van der Waals surface area contributed by atoms with Crippen LogP contribution in [0.1, 0.15) is 34.8 Å². The molecule has 0 bridgehead atoms. The Hall–Kier alpha value is -3.12. The van der Waals surface area contributed by atoms with Crippen molar-refractivity contribution in [3.05, 3.63) is 71.0 Å². The molecule has 6 heteroatoms. The zero-order valence-electron chi connectivity index (χ0n) is 15.8. The summed E-state index contributed by atoms with van der Waals surface area (Å²) < 4.78 is 0. The quantitative estimate of drug-likeness (QED) is 0.509. The number of anilines is 1. The molecule has 5 nitrogen and oxygen atoms in total. The number of hydrogen-bond acceptors (Lipinski definition) is 6. The van der Waals surface area contributed by atoms with E-state index in [0.717, 1.165) is 23.6 Å². The summed E-state index contributed by atoms with van der Waals surface area (Å²) in [5.41, 5.74) is 4.89. The lowest BCUT2D eigenvalue weighted by Crippen LogP contribution is -2.11. The average Bonchev–Trinajstić information content (AvgIpc) is 3.32. The molecular weight excluding hydrogens is 378 g/mol. The molecule has 3 heterocycles. The minimum Gasteiger partial charge on any atom is -0.369 e. The van der Waals surface area contributed by atoms with Gasteiger partial charge in [-0.3, -0.25) is 4.98 Å². The van der Waals surface area contributed by atoms with Crippen LogP contribution in [0.3, 0.4) is 0 Å². The molecule has 0 fully saturated rings. The van der Waals surface area contributed by atoms with E-state index < -0.39 is 0 Å². The second kappa shape index (κ2) is 6.74. The molecule has 1 aromatic carbocycles. The molecule has 0 amide bonds. The molecule has 0 saturated carbocycles. The molecule has 0 aliphatic heterocycles. The highest BCUT2D eigenvalue weighted by molar-refractivity contribution is 7.19. The van der Waals surface area contributed by atoms with E-state index in [2.05, 4.69) is 51.7 Å². The van der Waals surface area contributed by atoms with E-state index in [1.165, 1.54) is 39.8 Å². The molecule has 0 radical (unpaired) electrons. The summed E-state index contributed by atoms with van der Waals surface area (Å²) in [5.74, 6) is 2.16. The van der Waals surface area contributed by atoms with Crippen molar-refractivity contribution in [1.29, 1.82) is 0 Å². The van der Waals surface area contributed by atoms with Crippen LogP contribution >= 0.6 is 11.3 Å². The molecule has 2 aliphatic rings. The van der Waals surface area contributed by atoms with Gasteiger partial charge in [0.15, 0.2) is 5.82 Å². The first-order valence-electron chi connectivity index (χ1n) is 9.97. The van der Waals surface area contributed by atoms with Crippen LogP contribution < -0.4 is 5.32 Å². The maximum Gasteiger partial charge on any atom is 0.183 e. The lowest BCUT2D eigenvalue weighted by Gasteiger charge is -2.26. The topological polar surface area (TPSA) is 63.6 Å². The molecule has 3 aromatic heterocycles. The van der Waals surface area contributed by atoms with Gasteiger partial charge in [-0.2, -0.15) is 0 Å². The number of nitrogens with one attached hydrogen (secondary N) is 1. The summed E-state index contributed by atoms with van der Waals surface area (Å²) in [6.07, 6.45) is 10.8. The third kappa shape index (κ3) is 2.75. The first-order chi connectivity index (χ1) is 14.4. The van der Waals surface area contributed by atoms with Gasteiger partial charge >= 0.3 is 0 Å². The smallest absolute Gasteiger partial charge is 0.183 e. The number of aromatic nitrogens is 4. The Morgan fingerprint density at radius 3 is 2.90 bits per heavy atom. The van der Waals surface area contributed by atoms with Gasteiger partial charge in [-0.25, -0.2) is 15.0 Å². The van der Waals surface area contributed by atoms with Gasteiger partial charge in [0.2, 0.25) is 0 Å². The van der Waals surface area contributed by atoms with Crippen LogP contribution in [0, 0.1) is 0 Å². The minimum atomic E-state index is 0.612. The Labute approximate surface area is 172 Å². The number of allylic oxidation sites excluding steroid dienone is 2. The molecule has 0 saturated heterocycles. The van der Waals surface area contributed by atoms with Gasteiger partial charge in [0.25, 0.3) is 0 Å². The van der Waals surface area contributed by atoms with E-state index in [9.17, 15) is 0 Å². The third-order valence-corrected chi connectivity index (χ3v) is 6.92. The van der Waals surface area contributed by atoms with Gasteiger partial charge in [-0.05, 0) is 30.4 Å². The van der Waals surface area contributed by atoms with Crippen molar-refractivity contribution in [3.63, 3.8) is 0 Å². The Morgan fingerprint density at radius 2 is 2.03 bits per heavy atom. The SMILES string of the molecule is C1=C2c3c(sc4nc(-c5cnccn5)nc(NCCc5ccccc5)c34)C2CC1. The lowest BCUT2D eigenvalue weighted by atomic mass is 9.80. The van der Waals surface area contributed by atoms with Gasteiger partial charge in [0.05, 0.1) is 11.6 Å². The number of rotatable bonds is 5. The Bertz CT molecular complexity index is 1230. The summed E-state index contributed by atoms with van der Waals surface area (Å²) in [6.45, 7) is 0.823. The molecule has 142 valence electrons. The Kier molecular flexibility index (Phi) is 3.90. The summed E-state index contributed by atoms with van der Waals surface area (Å²) in [7, 11) is 0. The second-order valence-electron chi connectivity index (χ2n) is 7.46. The number of hydrogen-bond donors (Lipinski definition) is 1. The predicted molar refractivity (Wildman–Crippen MR) is 117 cm³/mol. The number of nitrogens with zero attached hydrogens (tertiary/aromatic N) is 4. The predicted octanol–water partition coefficient (Wildman–Crippen LogP) is 5.08. The van der Waals surface area contributed by atoms with E-state index in [1.54, 1.807) is 18.6 Å². The molecule has 29 heavy (non-hydrogen) atoms. The van der Waals surface area contributed by atoms with Crippen LogP contribution in [0.5, 0.6) is 0 Å². The van der Waals surface area contributed by atoms with Crippen LogP contribution in [0.2, 0.25) is 0 Å². The molecule has 1 atom stereocenters. The number of benzene rings is 1. The van der Waals surface area contributed by atoms with Gasteiger partial charge in [-0.1, -0.05) is 36.4 Å². The summed E-state index contributed by atoms with van der Waals surface area (Å²) in [4.78, 5) is 20.8. The zero-order valence-corrected chi connectivity index (χ0v) is 16.6. The van der Waals surface area contributed by atoms with Crippen molar-refractivity contribution in [2.75, 3.05) is 11.9 Å². The van der Waals surface area contributed by atoms with Gasteiger partial charge in [0.1, 0.15) is 16.3 Å². The molecule has 1 N–H and O–H groups in total. The van der Waals surface area contributed by atoms with Crippen molar-refractivity contribution in [1.82, 2.24) is 19.9 Å². The van der Waals surface area contributed by atoms with E-state index in [-0.39, 0.29) is 0 Å². The maximum atomic E-state index is 4.88. The van der Waals surface area contributed by atoms with Crippen molar-refractivity contribution in [2.24, 2.45) is 0 Å². The van der Waals surface area contributed by atoms with E-state index in [0.29, 0.717) is 17.4 Å². The van der Waals surface area contributed by atoms with Gasteiger partial charge in [0, 0.05) is 35.3 Å². The lowest BCUT2D eigenvalue weighted by molar-refractivity contribution is 0.797. The van der Waals surface area contributed by atoms with Gasteiger partial charge in [-0.15, -0.1) is 11.3 Å².